The molecule has 4 rings (SSSR count). The number of carboxylic acids is 3. The minimum Gasteiger partial charge on any atom is -0.475 e. The molecule has 0 saturated carbocycles. The second-order valence-corrected chi connectivity index (χ2v) is 9.12. The number of alkyl halides is 9. The lowest BCUT2D eigenvalue weighted by Gasteiger charge is -2.40. The summed E-state index contributed by atoms with van der Waals surface area (Å²) < 4.78 is 101. The van der Waals surface area contributed by atoms with Gasteiger partial charge in [-0.15, -0.1) is 0 Å². The van der Waals surface area contributed by atoms with Gasteiger partial charge >= 0.3 is 36.4 Å². The predicted octanol–water partition coefficient (Wildman–Crippen LogP) is 3.99. The summed E-state index contributed by atoms with van der Waals surface area (Å²) in [6.07, 6.45) is -6.30. The van der Waals surface area contributed by atoms with E-state index in [1.807, 2.05) is 36.7 Å². The fourth-order valence-electron chi connectivity index (χ4n) is 3.83. The number of ether oxygens (including phenoxy) is 1. The number of halogens is 9. The number of carbonyl (C=O) groups excluding carboxylic acids is 1. The molecule has 12 nitrogen and oxygen atoms in total. The van der Waals surface area contributed by atoms with E-state index in [1.54, 1.807) is 12.4 Å². The van der Waals surface area contributed by atoms with Crippen molar-refractivity contribution >= 4 is 29.5 Å². The van der Waals surface area contributed by atoms with Crippen molar-refractivity contribution in [3.63, 3.8) is 0 Å². The Labute approximate surface area is 252 Å². The standard InChI is InChI=1S/C19H22N4O2.3C2HF3O2/c24-19(22-16-2-1-6-21-11-16)15-10-18-17(5-9-25-18)23(13-15)12-14-3-7-20-8-4-14;3*3-2(4,5)1(6)7/h1-4,6-8,11,15,17-18H,5,9-10,12-13H2,(H,22,24);3*(H,6,7)/t15-,17-,18-;;;/m1.../s1. The third-order valence-corrected chi connectivity index (χ3v) is 5.78. The van der Waals surface area contributed by atoms with E-state index >= 15 is 0 Å². The van der Waals surface area contributed by atoms with Gasteiger partial charge < -0.3 is 25.4 Å². The van der Waals surface area contributed by atoms with E-state index in [0.29, 0.717) is 6.04 Å². The minimum atomic E-state index is -5.08. The Morgan fingerprint density at radius 1 is 0.826 bits per heavy atom. The van der Waals surface area contributed by atoms with Crippen LogP contribution in [0, 0.1) is 5.92 Å². The second kappa shape index (κ2) is 17.2. The van der Waals surface area contributed by atoms with Gasteiger partial charge in [0.05, 0.1) is 23.9 Å². The molecular weight excluding hydrogens is 655 g/mol. The topological polar surface area (TPSA) is 179 Å². The van der Waals surface area contributed by atoms with Gasteiger partial charge in [-0.25, -0.2) is 14.4 Å². The highest BCUT2D eigenvalue weighted by atomic mass is 19.4. The highest BCUT2D eigenvalue weighted by molar-refractivity contribution is 5.92. The Morgan fingerprint density at radius 2 is 1.33 bits per heavy atom. The van der Waals surface area contributed by atoms with Crippen LogP contribution in [0.2, 0.25) is 0 Å². The molecule has 3 atom stereocenters. The molecule has 4 heterocycles. The molecule has 0 radical (unpaired) electrons. The van der Waals surface area contributed by atoms with Crippen molar-refractivity contribution < 1.29 is 78.7 Å². The Morgan fingerprint density at radius 3 is 1.76 bits per heavy atom. The molecule has 0 spiro atoms. The number of carboxylic acid groups (broad SMARTS) is 3. The first kappa shape index (κ1) is 39.5. The third-order valence-electron chi connectivity index (χ3n) is 5.78. The number of hydrogen-bond donors (Lipinski definition) is 4. The third kappa shape index (κ3) is 14.5. The van der Waals surface area contributed by atoms with Crippen molar-refractivity contribution in [2.45, 2.75) is 50.1 Å². The fraction of sp³-hybridized carbons (Fsp3) is 0.440. The van der Waals surface area contributed by atoms with E-state index in [0.717, 1.165) is 38.2 Å². The van der Waals surface area contributed by atoms with Gasteiger partial charge in [-0.1, -0.05) is 0 Å². The fourth-order valence-corrected chi connectivity index (χ4v) is 3.83. The van der Waals surface area contributed by atoms with Crippen molar-refractivity contribution in [3.05, 3.63) is 54.6 Å². The van der Waals surface area contributed by atoms with Crippen LogP contribution in [0.3, 0.4) is 0 Å². The zero-order valence-corrected chi connectivity index (χ0v) is 23.0. The van der Waals surface area contributed by atoms with Gasteiger partial charge in [-0.2, -0.15) is 39.5 Å². The van der Waals surface area contributed by atoms with E-state index in [-0.39, 0.29) is 17.9 Å². The SMILES string of the molecule is O=C(Nc1cccnc1)[C@@H]1C[C@H]2OCC[C@H]2N(Cc2ccncc2)C1.O=C(O)C(F)(F)F.O=C(O)C(F)(F)F.O=C(O)C(F)(F)F. The van der Waals surface area contributed by atoms with Crippen molar-refractivity contribution in [2.24, 2.45) is 5.92 Å². The Kier molecular flexibility index (Phi) is 14.8. The predicted molar refractivity (Wildman–Crippen MR) is 135 cm³/mol. The summed E-state index contributed by atoms with van der Waals surface area (Å²) in [6, 6.07) is 8.14. The van der Waals surface area contributed by atoms with E-state index in [2.05, 4.69) is 20.2 Å². The molecule has 2 aliphatic rings. The van der Waals surface area contributed by atoms with Crippen LogP contribution in [-0.4, -0.2) is 97.8 Å². The summed E-state index contributed by atoms with van der Waals surface area (Å²) in [5.74, 6) is -8.31. The molecule has 2 saturated heterocycles. The Hall–Kier alpha value is -4.53. The van der Waals surface area contributed by atoms with Crippen LogP contribution in [-0.2, 0) is 30.5 Å². The molecule has 0 bridgehead atoms. The molecule has 4 N–H and O–H groups in total. The summed E-state index contributed by atoms with van der Waals surface area (Å²) in [5, 5.41) is 24.4. The molecule has 256 valence electrons. The number of anilines is 1. The van der Waals surface area contributed by atoms with E-state index < -0.39 is 36.4 Å². The maximum atomic E-state index is 12.7. The molecule has 2 aromatic heterocycles. The Balaban J connectivity index is 0.000000413. The first-order valence-electron chi connectivity index (χ1n) is 12.5. The lowest BCUT2D eigenvalue weighted by Crippen LogP contribution is -2.51. The number of nitrogens with one attached hydrogen (secondary N) is 1. The first-order chi connectivity index (χ1) is 21.1. The van der Waals surface area contributed by atoms with E-state index in [9.17, 15) is 44.3 Å². The van der Waals surface area contributed by atoms with Crippen molar-refractivity contribution in [1.29, 1.82) is 0 Å². The van der Waals surface area contributed by atoms with Crippen LogP contribution >= 0.6 is 0 Å². The first-order valence-corrected chi connectivity index (χ1v) is 12.5. The van der Waals surface area contributed by atoms with Crippen LogP contribution in [0.5, 0.6) is 0 Å². The largest absolute Gasteiger partial charge is 0.490 e. The average Bonchev–Trinajstić information content (AvgIpc) is 3.43. The van der Waals surface area contributed by atoms with Crippen molar-refractivity contribution in [2.75, 3.05) is 18.5 Å². The summed E-state index contributed by atoms with van der Waals surface area (Å²) in [6.45, 7) is 2.35. The molecule has 1 amide bonds. The minimum absolute atomic E-state index is 0.0432. The number of amides is 1. The zero-order chi connectivity index (χ0) is 35.3. The number of aliphatic carboxylic acids is 3. The number of aromatic nitrogens is 2. The highest BCUT2D eigenvalue weighted by Gasteiger charge is 2.42. The van der Waals surface area contributed by atoms with Gasteiger partial charge in [-0.3, -0.25) is 19.7 Å². The van der Waals surface area contributed by atoms with Gasteiger partial charge in [0, 0.05) is 44.3 Å². The molecule has 2 aromatic rings. The van der Waals surface area contributed by atoms with Crippen LogP contribution < -0.4 is 5.32 Å². The molecular formula is C25H25F9N4O8. The average molecular weight is 680 g/mol. The number of carbonyl (C=O) groups is 4. The highest BCUT2D eigenvalue weighted by Crippen LogP contribution is 2.33. The number of fused-ring (bicyclic) bond motifs is 1. The van der Waals surface area contributed by atoms with E-state index in [4.69, 9.17) is 34.4 Å². The summed E-state index contributed by atoms with van der Waals surface area (Å²) in [7, 11) is 0. The molecule has 2 aliphatic heterocycles. The summed E-state index contributed by atoms with van der Waals surface area (Å²) in [4.78, 5) is 49.9. The Bertz CT molecular complexity index is 1220. The second-order valence-electron chi connectivity index (χ2n) is 9.12. The lowest BCUT2D eigenvalue weighted by atomic mass is 9.89. The molecule has 21 heteroatoms. The molecule has 46 heavy (non-hydrogen) atoms. The normalized spacial score (nSPS) is 19.4. The van der Waals surface area contributed by atoms with Gasteiger partial charge in [0.25, 0.3) is 0 Å². The van der Waals surface area contributed by atoms with Gasteiger partial charge in [0.2, 0.25) is 5.91 Å². The zero-order valence-electron chi connectivity index (χ0n) is 23.0. The maximum absolute atomic E-state index is 12.7. The molecule has 0 aliphatic carbocycles. The van der Waals surface area contributed by atoms with Crippen LogP contribution in [0.25, 0.3) is 0 Å². The quantitative estimate of drug-likeness (QED) is 0.343. The number of hydrogen-bond acceptors (Lipinski definition) is 8. The number of pyridine rings is 2. The van der Waals surface area contributed by atoms with Crippen molar-refractivity contribution in [1.82, 2.24) is 14.9 Å². The maximum Gasteiger partial charge on any atom is 0.490 e. The summed E-state index contributed by atoms with van der Waals surface area (Å²) in [5.41, 5.74) is 1.96. The van der Waals surface area contributed by atoms with Gasteiger partial charge in [0.1, 0.15) is 0 Å². The van der Waals surface area contributed by atoms with Crippen LogP contribution in [0.1, 0.15) is 18.4 Å². The number of rotatable bonds is 4. The smallest absolute Gasteiger partial charge is 0.475 e. The number of piperidine rings is 1. The molecule has 2 fully saturated rings. The van der Waals surface area contributed by atoms with Gasteiger partial charge in [0.15, 0.2) is 0 Å². The van der Waals surface area contributed by atoms with Crippen molar-refractivity contribution in [3.8, 4) is 0 Å². The summed E-state index contributed by atoms with van der Waals surface area (Å²) >= 11 is 0. The number of likely N-dealkylation sites (tertiary alicyclic amines) is 1. The molecule has 0 unspecified atom stereocenters. The van der Waals surface area contributed by atoms with E-state index in [1.165, 1.54) is 5.56 Å². The van der Waals surface area contributed by atoms with Crippen LogP contribution in [0.15, 0.2) is 49.1 Å². The van der Waals surface area contributed by atoms with Gasteiger partial charge in [-0.05, 0) is 42.7 Å². The molecule has 0 aromatic carbocycles. The number of nitrogens with zero attached hydrogens (tertiary/aromatic N) is 3. The monoisotopic (exact) mass is 680 g/mol. The lowest BCUT2D eigenvalue weighted by molar-refractivity contribution is -0.193. The van der Waals surface area contributed by atoms with Crippen LogP contribution in [0.4, 0.5) is 45.2 Å².